The largest absolute Gasteiger partial charge is 0.497 e. The highest BCUT2D eigenvalue weighted by molar-refractivity contribution is 9.10. The van der Waals surface area contributed by atoms with Crippen LogP contribution in [0.5, 0.6) is 17.2 Å². The smallest absolute Gasteiger partial charge is 0.258 e. The van der Waals surface area contributed by atoms with Gasteiger partial charge in [-0.2, -0.15) is 0 Å². The van der Waals surface area contributed by atoms with Crippen LogP contribution in [0, 0.1) is 6.92 Å². The molecule has 144 valence electrons. The van der Waals surface area contributed by atoms with Gasteiger partial charge in [0, 0.05) is 16.5 Å². The molecule has 0 spiro atoms. The lowest BCUT2D eigenvalue weighted by Gasteiger charge is -2.38. The number of ether oxygens (including phenoxy) is 3. The number of halogens is 1. The molecule has 0 radical (unpaired) electrons. The van der Waals surface area contributed by atoms with E-state index in [4.69, 9.17) is 14.2 Å². The molecule has 0 saturated heterocycles. The Bertz CT molecular complexity index is 850. The monoisotopic (exact) mass is 433 g/mol. The molecule has 0 aromatic heterocycles. The van der Waals surface area contributed by atoms with Crippen LogP contribution in [0.3, 0.4) is 0 Å². The molecule has 0 bridgehead atoms. The number of aryl methyl sites for hydroxylation is 1. The second-order valence-electron chi connectivity index (χ2n) is 7.29. The van der Waals surface area contributed by atoms with Crippen LogP contribution in [0.1, 0.15) is 37.4 Å². The Hall–Kier alpha value is -2.21. The van der Waals surface area contributed by atoms with Crippen molar-refractivity contribution in [3.05, 3.63) is 52.0 Å². The minimum absolute atomic E-state index is 0.0435. The lowest BCUT2D eigenvalue weighted by atomic mass is 9.89. The third-order valence-electron chi connectivity index (χ3n) is 4.51. The van der Waals surface area contributed by atoms with Crippen molar-refractivity contribution in [3.63, 3.8) is 0 Å². The second-order valence-corrected chi connectivity index (χ2v) is 8.14. The molecule has 6 heteroatoms. The Balaban J connectivity index is 1.70. The Labute approximate surface area is 168 Å². The van der Waals surface area contributed by atoms with E-state index in [-0.39, 0.29) is 24.2 Å². The summed E-state index contributed by atoms with van der Waals surface area (Å²) in [5, 5.41) is 3.07. The maximum absolute atomic E-state index is 12.5. The summed E-state index contributed by atoms with van der Waals surface area (Å²) in [6.07, 6.45) is 0.663. The van der Waals surface area contributed by atoms with Gasteiger partial charge in [-0.3, -0.25) is 4.79 Å². The fraction of sp³-hybridized carbons (Fsp3) is 0.381. The van der Waals surface area contributed by atoms with E-state index in [0.29, 0.717) is 12.2 Å². The molecule has 0 saturated carbocycles. The molecule has 2 aromatic carbocycles. The molecular formula is C21H24BrNO4. The van der Waals surface area contributed by atoms with Gasteiger partial charge < -0.3 is 19.5 Å². The number of rotatable bonds is 5. The maximum Gasteiger partial charge on any atom is 0.258 e. The third kappa shape index (κ3) is 4.75. The van der Waals surface area contributed by atoms with Crippen molar-refractivity contribution in [2.75, 3.05) is 13.7 Å². The number of hydrogen-bond donors (Lipinski definition) is 1. The zero-order valence-corrected chi connectivity index (χ0v) is 17.6. The number of carbonyl (C=O) groups is 1. The van der Waals surface area contributed by atoms with Crippen LogP contribution in [0.25, 0.3) is 0 Å². The zero-order chi connectivity index (χ0) is 19.6. The fourth-order valence-electron chi connectivity index (χ4n) is 3.18. The molecule has 1 amide bonds. The molecule has 5 nitrogen and oxygen atoms in total. The zero-order valence-electron chi connectivity index (χ0n) is 16.0. The molecular weight excluding hydrogens is 410 g/mol. The topological polar surface area (TPSA) is 56.8 Å². The number of hydrogen-bond acceptors (Lipinski definition) is 4. The summed E-state index contributed by atoms with van der Waals surface area (Å²) in [7, 11) is 1.62. The number of benzene rings is 2. The van der Waals surface area contributed by atoms with E-state index in [9.17, 15) is 4.79 Å². The Morgan fingerprint density at radius 1 is 1.26 bits per heavy atom. The van der Waals surface area contributed by atoms with Crippen molar-refractivity contribution in [1.29, 1.82) is 0 Å². The van der Waals surface area contributed by atoms with Crippen molar-refractivity contribution in [1.82, 2.24) is 5.32 Å². The van der Waals surface area contributed by atoms with Gasteiger partial charge in [-0.25, -0.2) is 0 Å². The van der Waals surface area contributed by atoms with Crippen LogP contribution in [0.2, 0.25) is 0 Å². The summed E-state index contributed by atoms with van der Waals surface area (Å²) >= 11 is 3.46. The van der Waals surface area contributed by atoms with Gasteiger partial charge in [0.25, 0.3) is 5.91 Å². The number of carbonyl (C=O) groups excluding carboxylic acids is 1. The van der Waals surface area contributed by atoms with Crippen LogP contribution in [-0.2, 0) is 4.79 Å². The molecule has 2 aromatic rings. The molecule has 0 fully saturated rings. The van der Waals surface area contributed by atoms with Gasteiger partial charge in [0.15, 0.2) is 6.61 Å². The summed E-state index contributed by atoms with van der Waals surface area (Å²) in [4.78, 5) is 12.5. The summed E-state index contributed by atoms with van der Waals surface area (Å²) in [6.45, 7) is 5.96. The number of nitrogens with one attached hydrogen (secondary N) is 1. The first-order chi connectivity index (χ1) is 12.8. The van der Waals surface area contributed by atoms with E-state index >= 15 is 0 Å². The first-order valence-corrected chi connectivity index (χ1v) is 9.62. The maximum atomic E-state index is 12.5. The molecule has 1 aliphatic rings. The molecule has 1 aliphatic heterocycles. The molecule has 0 aliphatic carbocycles. The number of amides is 1. The molecule has 1 atom stereocenters. The Morgan fingerprint density at radius 2 is 2.00 bits per heavy atom. The van der Waals surface area contributed by atoms with Gasteiger partial charge in [-0.15, -0.1) is 0 Å². The standard InChI is InChI=1S/C21H24BrNO4/c1-13-9-15(5-7-17(13)22)26-12-20(24)23-18-11-21(2,3)27-19-8-6-14(25-4)10-16(18)19/h5-10,18H,11-12H2,1-4H3,(H,23,24)/t18-/m0/s1. The van der Waals surface area contributed by atoms with Gasteiger partial charge in [-0.05, 0) is 62.7 Å². The first-order valence-electron chi connectivity index (χ1n) is 8.83. The normalized spacial score (nSPS) is 17.4. The van der Waals surface area contributed by atoms with E-state index in [1.807, 2.05) is 57.2 Å². The van der Waals surface area contributed by atoms with E-state index in [0.717, 1.165) is 27.1 Å². The van der Waals surface area contributed by atoms with Gasteiger partial charge in [0.05, 0.1) is 13.2 Å². The minimum atomic E-state index is -0.372. The van der Waals surface area contributed by atoms with Crippen molar-refractivity contribution in [3.8, 4) is 17.2 Å². The van der Waals surface area contributed by atoms with Crippen molar-refractivity contribution < 1.29 is 19.0 Å². The molecule has 1 heterocycles. The van der Waals surface area contributed by atoms with Crippen molar-refractivity contribution >= 4 is 21.8 Å². The molecule has 1 N–H and O–H groups in total. The van der Waals surface area contributed by atoms with Gasteiger partial charge in [0.1, 0.15) is 22.8 Å². The first kappa shape index (κ1) is 19.5. The quantitative estimate of drug-likeness (QED) is 0.750. The summed E-state index contributed by atoms with van der Waals surface area (Å²) in [5.74, 6) is 1.99. The molecule has 0 unspecified atom stereocenters. The Kier molecular flexibility index (Phi) is 5.65. The number of fused-ring (bicyclic) bond motifs is 1. The summed E-state index contributed by atoms with van der Waals surface area (Å²) in [5.41, 5.74) is 1.60. The highest BCUT2D eigenvalue weighted by Crippen LogP contribution is 2.41. The van der Waals surface area contributed by atoms with E-state index in [1.54, 1.807) is 7.11 Å². The summed E-state index contributed by atoms with van der Waals surface area (Å²) < 4.78 is 18.0. The van der Waals surface area contributed by atoms with Crippen molar-refractivity contribution in [2.45, 2.75) is 38.8 Å². The molecule has 3 rings (SSSR count). The highest BCUT2D eigenvalue weighted by atomic mass is 79.9. The average Bonchev–Trinajstić information content (AvgIpc) is 2.61. The van der Waals surface area contributed by atoms with Crippen molar-refractivity contribution in [2.24, 2.45) is 0 Å². The Morgan fingerprint density at radius 3 is 2.70 bits per heavy atom. The average molecular weight is 434 g/mol. The van der Waals surface area contributed by atoms with Crippen LogP contribution >= 0.6 is 15.9 Å². The van der Waals surface area contributed by atoms with E-state index < -0.39 is 0 Å². The number of methoxy groups -OCH3 is 1. The lowest BCUT2D eigenvalue weighted by molar-refractivity contribution is -0.124. The van der Waals surface area contributed by atoms with E-state index in [2.05, 4.69) is 21.2 Å². The van der Waals surface area contributed by atoms with E-state index in [1.165, 1.54) is 0 Å². The fourth-order valence-corrected chi connectivity index (χ4v) is 3.43. The summed E-state index contributed by atoms with van der Waals surface area (Å²) in [6, 6.07) is 11.1. The van der Waals surface area contributed by atoms with Crippen LogP contribution in [-0.4, -0.2) is 25.2 Å². The highest BCUT2D eigenvalue weighted by Gasteiger charge is 2.34. The predicted octanol–water partition coefficient (Wildman–Crippen LogP) is 4.56. The van der Waals surface area contributed by atoms with Crippen LogP contribution in [0.4, 0.5) is 0 Å². The lowest BCUT2D eigenvalue weighted by Crippen LogP contribution is -2.42. The second kappa shape index (κ2) is 7.80. The predicted molar refractivity (Wildman–Crippen MR) is 108 cm³/mol. The van der Waals surface area contributed by atoms with Crippen LogP contribution < -0.4 is 19.5 Å². The SMILES string of the molecule is COc1ccc2c(c1)[C@@H](NC(=O)COc1ccc(Br)c(C)c1)CC(C)(C)O2. The van der Waals surface area contributed by atoms with Gasteiger partial charge in [0.2, 0.25) is 0 Å². The van der Waals surface area contributed by atoms with Crippen LogP contribution in [0.15, 0.2) is 40.9 Å². The molecule has 27 heavy (non-hydrogen) atoms. The minimum Gasteiger partial charge on any atom is -0.497 e. The third-order valence-corrected chi connectivity index (χ3v) is 5.40. The van der Waals surface area contributed by atoms with Gasteiger partial charge >= 0.3 is 0 Å². The van der Waals surface area contributed by atoms with Gasteiger partial charge in [-0.1, -0.05) is 15.9 Å².